The summed E-state index contributed by atoms with van der Waals surface area (Å²) in [6.45, 7) is 6.18. The predicted molar refractivity (Wildman–Crippen MR) is 96.4 cm³/mol. The van der Waals surface area contributed by atoms with Crippen molar-refractivity contribution in [3.8, 4) is 0 Å². The molecule has 0 fully saturated rings. The van der Waals surface area contributed by atoms with Crippen LogP contribution in [0.5, 0.6) is 0 Å². The highest BCUT2D eigenvalue weighted by Crippen LogP contribution is 2.33. The Morgan fingerprint density at radius 3 is 2.00 bits per heavy atom. The minimum atomic E-state index is -0.483. The van der Waals surface area contributed by atoms with Gasteiger partial charge in [-0.3, -0.25) is 0 Å². The molecule has 1 aliphatic rings. The van der Waals surface area contributed by atoms with E-state index in [2.05, 4.69) is 53.8 Å². The number of ether oxygens (including phenoxy) is 1. The number of benzene rings is 2. The monoisotopic (exact) mass is 323 g/mol. The van der Waals surface area contributed by atoms with Gasteiger partial charge in [-0.2, -0.15) is 0 Å². The van der Waals surface area contributed by atoms with E-state index < -0.39 is 5.60 Å². The molecule has 0 radical (unpaired) electrons. The molecule has 0 bridgehead atoms. The molecule has 3 nitrogen and oxygen atoms in total. The molecule has 0 spiro atoms. The molecule has 0 atom stereocenters. The lowest BCUT2D eigenvalue weighted by molar-refractivity contribution is 0.0526. The van der Waals surface area contributed by atoms with Crippen LogP contribution in [0, 0.1) is 0 Å². The Bertz CT molecular complexity index is 683. The second-order valence-electron chi connectivity index (χ2n) is 7.33. The topological polar surface area (TPSA) is 38.3 Å². The van der Waals surface area contributed by atoms with Gasteiger partial charge in [-0.05, 0) is 55.9 Å². The lowest BCUT2D eigenvalue weighted by Crippen LogP contribution is -2.35. The van der Waals surface area contributed by atoms with Gasteiger partial charge < -0.3 is 10.1 Å². The first kappa shape index (κ1) is 16.6. The van der Waals surface area contributed by atoms with Gasteiger partial charge in [0.15, 0.2) is 0 Å². The van der Waals surface area contributed by atoms with E-state index in [1.807, 2.05) is 20.8 Å². The van der Waals surface area contributed by atoms with Gasteiger partial charge in [-0.1, -0.05) is 48.5 Å². The van der Waals surface area contributed by atoms with Crippen LogP contribution in [0.25, 0.3) is 0 Å². The van der Waals surface area contributed by atoms with Crippen LogP contribution in [0.15, 0.2) is 48.5 Å². The summed E-state index contributed by atoms with van der Waals surface area (Å²) in [7, 11) is 0. The summed E-state index contributed by atoms with van der Waals surface area (Å²) in [5, 5.41) is 2.96. The molecule has 0 aromatic heterocycles. The van der Waals surface area contributed by atoms with E-state index in [1.165, 1.54) is 22.3 Å². The van der Waals surface area contributed by atoms with Crippen molar-refractivity contribution in [2.75, 3.05) is 6.54 Å². The molecule has 126 valence electrons. The van der Waals surface area contributed by atoms with Crippen molar-refractivity contribution < 1.29 is 9.53 Å². The number of rotatable bonds is 2. The first-order valence-corrected chi connectivity index (χ1v) is 8.56. The third kappa shape index (κ3) is 3.78. The number of amides is 1. The molecular formula is C21H25NO2. The second kappa shape index (κ2) is 6.68. The maximum Gasteiger partial charge on any atom is 0.407 e. The number of aryl methyl sites for hydroxylation is 2. The Labute approximate surface area is 144 Å². The van der Waals surface area contributed by atoms with Gasteiger partial charge in [0.1, 0.15) is 5.60 Å². The van der Waals surface area contributed by atoms with Crippen LogP contribution in [0.4, 0.5) is 4.79 Å². The Morgan fingerprint density at radius 2 is 1.50 bits per heavy atom. The van der Waals surface area contributed by atoms with Crippen LogP contribution in [0.3, 0.4) is 0 Å². The summed E-state index contributed by atoms with van der Waals surface area (Å²) in [5.74, 6) is 0.160. The highest BCUT2D eigenvalue weighted by Gasteiger charge is 2.24. The Morgan fingerprint density at radius 1 is 1.00 bits per heavy atom. The van der Waals surface area contributed by atoms with Gasteiger partial charge in [0, 0.05) is 12.5 Å². The van der Waals surface area contributed by atoms with Crippen molar-refractivity contribution in [3.05, 3.63) is 70.8 Å². The summed E-state index contributed by atoms with van der Waals surface area (Å²) < 4.78 is 5.39. The van der Waals surface area contributed by atoms with Crippen LogP contribution in [-0.4, -0.2) is 18.2 Å². The van der Waals surface area contributed by atoms with Gasteiger partial charge in [0.05, 0.1) is 0 Å². The largest absolute Gasteiger partial charge is 0.444 e. The molecule has 0 aliphatic heterocycles. The minimum Gasteiger partial charge on any atom is -0.444 e. The van der Waals surface area contributed by atoms with E-state index in [1.54, 1.807) is 0 Å². The average Bonchev–Trinajstić information content (AvgIpc) is 2.68. The summed E-state index contributed by atoms with van der Waals surface area (Å²) in [4.78, 5) is 12.1. The van der Waals surface area contributed by atoms with E-state index >= 15 is 0 Å². The highest BCUT2D eigenvalue weighted by molar-refractivity contribution is 5.68. The Hall–Kier alpha value is -2.29. The predicted octanol–water partition coefficient (Wildman–Crippen LogP) is 4.44. The third-order valence-corrected chi connectivity index (χ3v) is 4.37. The van der Waals surface area contributed by atoms with E-state index in [0.29, 0.717) is 6.54 Å². The zero-order chi connectivity index (χ0) is 17.2. The zero-order valence-electron chi connectivity index (χ0n) is 14.6. The minimum absolute atomic E-state index is 0.160. The maximum absolute atomic E-state index is 12.1. The van der Waals surface area contributed by atoms with Crippen LogP contribution in [0.1, 0.15) is 48.9 Å². The lowest BCUT2D eigenvalue weighted by atomic mass is 9.88. The van der Waals surface area contributed by atoms with Crippen LogP contribution in [0.2, 0.25) is 0 Å². The second-order valence-corrected chi connectivity index (χ2v) is 7.33. The summed E-state index contributed by atoms with van der Waals surface area (Å²) in [6.07, 6.45) is 1.72. The van der Waals surface area contributed by atoms with Crippen LogP contribution < -0.4 is 5.32 Å². The van der Waals surface area contributed by atoms with E-state index in [-0.39, 0.29) is 12.0 Å². The average molecular weight is 323 g/mol. The molecule has 0 heterocycles. The van der Waals surface area contributed by atoms with Gasteiger partial charge in [-0.25, -0.2) is 4.79 Å². The summed E-state index contributed by atoms with van der Waals surface area (Å²) in [5.41, 5.74) is 4.86. The molecular weight excluding hydrogens is 298 g/mol. The fourth-order valence-electron chi connectivity index (χ4n) is 3.36. The molecule has 2 aromatic rings. The number of alkyl carbamates (subject to hydrolysis) is 1. The SMILES string of the molecule is CC(C)(C)OC(=O)NCC1c2ccccc2CCc2ccccc21. The smallest absolute Gasteiger partial charge is 0.407 e. The van der Waals surface area contributed by atoms with E-state index in [4.69, 9.17) is 4.74 Å². The molecule has 3 rings (SSSR count). The first-order chi connectivity index (χ1) is 11.4. The quantitative estimate of drug-likeness (QED) is 0.887. The molecule has 2 aromatic carbocycles. The first-order valence-electron chi connectivity index (χ1n) is 8.56. The van der Waals surface area contributed by atoms with Crippen molar-refractivity contribution in [3.63, 3.8) is 0 Å². The molecule has 24 heavy (non-hydrogen) atoms. The van der Waals surface area contributed by atoms with Crippen LogP contribution >= 0.6 is 0 Å². The van der Waals surface area contributed by atoms with E-state index in [0.717, 1.165) is 12.8 Å². The molecule has 1 N–H and O–H groups in total. The van der Waals surface area contributed by atoms with Crippen molar-refractivity contribution >= 4 is 6.09 Å². The normalized spacial score (nSPS) is 14.3. The number of nitrogens with one attached hydrogen (secondary N) is 1. The van der Waals surface area contributed by atoms with Crippen molar-refractivity contribution in [2.45, 2.75) is 45.1 Å². The van der Waals surface area contributed by atoms with Gasteiger partial charge in [0.25, 0.3) is 0 Å². The highest BCUT2D eigenvalue weighted by atomic mass is 16.6. The molecule has 1 aliphatic carbocycles. The maximum atomic E-state index is 12.1. The lowest BCUT2D eigenvalue weighted by Gasteiger charge is -2.23. The number of carbonyl (C=O) groups excluding carboxylic acids is 1. The summed E-state index contributed by atoms with van der Waals surface area (Å²) in [6, 6.07) is 17.1. The molecule has 0 saturated heterocycles. The third-order valence-electron chi connectivity index (χ3n) is 4.37. The fraction of sp³-hybridized carbons (Fsp3) is 0.381. The van der Waals surface area contributed by atoms with Gasteiger partial charge >= 0.3 is 6.09 Å². The number of carbonyl (C=O) groups is 1. The van der Waals surface area contributed by atoms with E-state index in [9.17, 15) is 4.79 Å². The molecule has 0 saturated carbocycles. The van der Waals surface area contributed by atoms with Crippen molar-refractivity contribution in [1.29, 1.82) is 0 Å². The van der Waals surface area contributed by atoms with Gasteiger partial charge in [0.2, 0.25) is 0 Å². The standard InChI is InChI=1S/C21H25NO2/c1-21(2,3)24-20(23)22-14-19-17-10-6-4-8-15(17)12-13-16-9-5-7-11-18(16)19/h4-11,19H,12-14H2,1-3H3,(H,22,23). The molecule has 3 heteroatoms. The number of hydrogen-bond donors (Lipinski definition) is 1. The van der Waals surface area contributed by atoms with Gasteiger partial charge in [-0.15, -0.1) is 0 Å². The van der Waals surface area contributed by atoms with Crippen LogP contribution in [-0.2, 0) is 17.6 Å². The number of fused-ring (bicyclic) bond motifs is 2. The summed E-state index contributed by atoms with van der Waals surface area (Å²) >= 11 is 0. The zero-order valence-corrected chi connectivity index (χ0v) is 14.6. The Balaban J connectivity index is 1.87. The van der Waals surface area contributed by atoms with Crippen molar-refractivity contribution in [1.82, 2.24) is 5.32 Å². The molecule has 0 unspecified atom stereocenters. The van der Waals surface area contributed by atoms with Crippen molar-refractivity contribution in [2.24, 2.45) is 0 Å². The molecule has 1 amide bonds. The fourth-order valence-corrected chi connectivity index (χ4v) is 3.36. The number of hydrogen-bond acceptors (Lipinski definition) is 2. The Kier molecular flexibility index (Phi) is 4.61.